The fourth-order valence-corrected chi connectivity index (χ4v) is 4.51. The number of halogens is 1. The van der Waals surface area contributed by atoms with Gasteiger partial charge in [0.05, 0.1) is 23.5 Å². The van der Waals surface area contributed by atoms with Gasteiger partial charge in [0.2, 0.25) is 15.9 Å². The minimum absolute atomic E-state index is 0. The number of sulfonamides is 1. The van der Waals surface area contributed by atoms with Crippen molar-refractivity contribution in [3.8, 4) is 0 Å². The van der Waals surface area contributed by atoms with E-state index in [1.54, 1.807) is 13.0 Å². The van der Waals surface area contributed by atoms with Crippen molar-refractivity contribution in [1.82, 2.24) is 9.62 Å². The summed E-state index contributed by atoms with van der Waals surface area (Å²) in [6.07, 6.45) is 1.22. The van der Waals surface area contributed by atoms with Crippen LogP contribution in [0.25, 0.3) is 0 Å². The summed E-state index contributed by atoms with van der Waals surface area (Å²) < 4.78 is 31.9. The third kappa shape index (κ3) is 5.41. The van der Waals surface area contributed by atoms with Gasteiger partial charge in [-0.25, -0.2) is 13.2 Å². The Morgan fingerprint density at radius 3 is 2.70 bits per heavy atom. The molecule has 1 heterocycles. The quantitative estimate of drug-likeness (QED) is 0.654. The lowest BCUT2D eigenvalue weighted by atomic mass is 9.99. The van der Waals surface area contributed by atoms with Gasteiger partial charge in [-0.2, -0.15) is 4.31 Å². The summed E-state index contributed by atoms with van der Waals surface area (Å²) in [6, 6.07) is 4.37. The zero-order valence-corrected chi connectivity index (χ0v) is 17.1. The molecule has 0 aromatic heterocycles. The van der Waals surface area contributed by atoms with Crippen LogP contribution in [0.4, 0.5) is 0 Å². The maximum absolute atomic E-state index is 13.0. The monoisotopic (exact) mass is 419 g/mol. The van der Waals surface area contributed by atoms with Gasteiger partial charge in [-0.05, 0) is 37.5 Å². The highest BCUT2D eigenvalue weighted by molar-refractivity contribution is 7.89. The van der Waals surface area contributed by atoms with Crippen LogP contribution < -0.4 is 11.1 Å². The summed E-state index contributed by atoms with van der Waals surface area (Å²) in [5.74, 6) is -1.18. The fourth-order valence-electron chi connectivity index (χ4n) is 2.95. The van der Waals surface area contributed by atoms with Gasteiger partial charge in [0.25, 0.3) is 0 Å². The lowest BCUT2D eigenvalue weighted by Gasteiger charge is -2.31. The third-order valence-corrected chi connectivity index (χ3v) is 6.31. The van der Waals surface area contributed by atoms with Gasteiger partial charge in [0.15, 0.2) is 0 Å². The number of esters is 1. The SMILES string of the molecule is COC(=O)c1cc(S(=O)(=O)N2CCCC(C(=O)NCCN)C2)ccc1C.Cl. The number of rotatable bonds is 6. The average molecular weight is 420 g/mol. The lowest BCUT2D eigenvalue weighted by molar-refractivity contribution is -0.126. The Labute approximate surface area is 165 Å². The van der Waals surface area contributed by atoms with Gasteiger partial charge < -0.3 is 15.8 Å². The first kappa shape index (κ1) is 23.4. The molecule has 10 heteroatoms. The second-order valence-electron chi connectivity index (χ2n) is 6.25. The molecule has 1 amide bonds. The maximum Gasteiger partial charge on any atom is 0.338 e. The first-order chi connectivity index (χ1) is 12.3. The zero-order chi connectivity index (χ0) is 19.3. The molecule has 1 fully saturated rings. The van der Waals surface area contributed by atoms with E-state index in [1.807, 2.05) is 0 Å². The van der Waals surface area contributed by atoms with Crippen LogP contribution in [0.5, 0.6) is 0 Å². The van der Waals surface area contributed by atoms with Crippen LogP contribution in [0.3, 0.4) is 0 Å². The van der Waals surface area contributed by atoms with Crippen molar-refractivity contribution in [3.05, 3.63) is 29.3 Å². The van der Waals surface area contributed by atoms with E-state index in [1.165, 1.54) is 23.5 Å². The summed E-state index contributed by atoms with van der Waals surface area (Å²) in [5.41, 5.74) is 6.23. The normalized spacial score (nSPS) is 17.7. The molecule has 0 saturated carbocycles. The number of aryl methyl sites for hydroxylation is 1. The van der Waals surface area contributed by atoms with E-state index in [-0.39, 0.29) is 35.3 Å². The highest BCUT2D eigenvalue weighted by Gasteiger charge is 2.33. The van der Waals surface area contributed by atoms with Crippen LogP contribution in [-0.4, -0.2) is 57.9 Å². The molecule has 27 heavy (non-hydrogen) atoms. The van der Waals surface area contributed by atoms with Crippen molar-refractivity contribution in [1.29, 1.82) is 0 Å². The Balaban J connectivity index is 0.00000364. The van der Waals surface area contributed by atoms with Crippen molar-refractivity contribution in [2.45, 2.75) is 24.7 Å². The summed E-state index contributed by atoms with van der Waals surface area (Å²) in [5, 5.41) is 2.71. The Morgan fingerprint density at radius 2 is 2.07 bits per heavy atom. The molecule has 1 atom stereocenters. The van der Waals surface area contributed by atoms with Gasteiger partial charge >= 0.3 is 5.97 Å². The molecule has 8 nitrogen and oxygen atoms in total. The molecule has 0 aliphatic carbocycles. The molecule has 152 valence electrons. The molecule has 1 unspecified atom stereocenters. The van der Waals surface area contributed by atoms with E-state index in [9.17, 15) is 18.0 Å². The lowest BCUT2D eigenvalue weighted by Crippen LogP contribution is -2.46. The highest BCUT2D eigenvalue weighted by atomic mass is 35.5. The number of nitrogens with two attached hydrogens (primary N) is 1. The molecule has 0 spiro atoms. The second kappa shape index (κ2) is 10.0. The number of methoxy groups -OCH3 is 1. The smallest absolute Gasteiger partial charge is 0.338 e. The fraction of sp³-hybridized carbons (Fsp3) is 0.529. The number of piperidine rings is 1. The van der Waals surface area contributed by atoms with Crippen LogP contribution in [0.1, 0.15) is 28.8 Å². The van der Waals surface area contributed by atoms with Gasteiger partial charge in [-0.1, -0.05) is 6.07 Å². The number of hydrogen-bond acceptors (Lipinski definition) is 6. The van der Waals surface area contributed by atoms with Crippen molar-refractivity contribution < 1.29 is 22.7 Å². The van der Waals surface area contributed by atoms with Crippen molar-refractivity contribution in [3.63, 3.8) is 0 Å². The van der Waals surface area contributed by atoms with Crippen LogP contribution in [0.15, 0.2) is 23.1 Å². The van der Waals surface area contributed by atoms with Crippen LogP contribution in [0, 0.1) is 12.8 Å². The topological polar surface area (TPSA) is 119 Å². The van der Waals surface area contributed by atoms with Crippen LogP contribution >= 0.6 is 12.4 Å². The summed E-state index contributed by atoms with van der Waals surface area (Å²) in [7, 11) is -2.56. The van der Waals surface area contributed by atoms with E-state index in [0.29, 0.717) is 38.0 Å². The predicted molar refractivity (Wildman–Crippen MR) is 103 cm³/mol. The molecule has 1 aromatic carbocycles. The third-order valence-electron chi connectivity index (χ3n) is 4.45. The van der Waals surface area contributed by atoms with E-state index >= 15 is 0 Å². The Bertz CT molecular complexity index is 785. The largest absolute Gasteiger partial charge is 0.465 e. The highest BCUT2D eigenvalue weighted by Crippen LogP contribution is 2.25. The Morgan fingerprint density at radius 1 is 1.37 bits per heavy atom. The standard InChI is InChI=1S/C17H25N3O5S.ClH/c1-12-5-6-14(10-15(12)17(22)25-2)26(23,24)20-9-3-4-13(11-20)16(21)19-8-7-18;/h5-6,10,13H,3-4,7-9,11,18H2,1-2H3,(H,19,21);1H. The number of carbonyl (C=O) groups excluding carboxylic acids is 2. The average Bonchev–Trinajstić information content (AvgIpc) is 2.65. The Hall–Kier alpha value is -1.68. The molecule has 0 bridgehead atoms. The van der Waals surface area contributed by atoms with E-state index in [4.69, 9.17) is 10.5 Å². The number of amides is 1. The van der Waals surface area contributed by atoms with E-state index < -0.39 is 21.9 Å². The minimum atomic E-state index is -3.81. The number of benzene rings is 1. The van der Waals surface area contributed by atoms with Gasteiger partial charge in [-0.3, -0.25) is 4.79 Å². The summed E-state index contributed by atoms with van der Waals surface area (Å²) in [4.78, 5) is 24.0. The van der Waals surface area contributed by atoms with Crippen LogP contribution in [-0.2, 0) is 19.6 Å². The van der Waals surface area contributed by atoms with Gasteiger partial charge in [0.1, 0.15) is 0 Å². The van der Waals surface area contributed by atoms with Crippen molar-refractivity contribution in [2.75, 3.05) is 33.3 Å². The number of carbonyl (C=O) groups is 2. The van der Waals surface area contributed by atoms with E-state index in [0.717, 1.165) is 0 Å². The van der Waals surface area contributed by atoms with Gasteiger partial charge in [0, 0.05) is 26.2 Å². The molecular weight excluding hydrogens is 394 g/mol. The molecule has 1 aromatic rings. The molecule has 2 rings (SSSR count). The predicted octanol–water partition coefficient (Wildman–Crippen LogP) is 0.679. The molecule has 1 saturated heterocycles. The Kier molecular flexibility index (Phi) is 8.67. The van der Waals surface area contributed by atoms with Crippen molar-refractivity contribution >= 4 is 34.3 Å². The summed E-state index contributed by atoms with van der Waals surface area (Å²) in [6.45, 7) is 2.86. The number of hydrogen-bond donors (Lipinski definition) is 2. The zero-order valence-electron chi connectivity index (χ0n) is 15.4. The molecule has 0 radical (unpaired) electrons. The second-order valence-corrected chi connectivity index (χ2v) is 8.19. The van der Waals surface area contributed by atoms with Gasteiger partial charge in [-0.15, -0.1) is 12.4 Å². The first-order valence-corrected chi connectivity index (χ1v) is 9.92. The molecular formula is C17H26ClN3O5S. The number of nitrogens with one attached hydrogen (secondary N) is 1. The van der Waals surface area contributed by atoms with E-state index in [2.05, 4.69) is 5.32 Å². The molecule has 1 aliphatic rings. The molecule has 1 aliphatic heterocycles. The maximum atomic E-state index is 13.0. The van der Waals surface area contributed by atoms with Crippen molar-refractivity contribution in [2.24, 2.45) is 11.7 Å². The number of nitrogens with zero attached hydrogens (tertiary/aromatic N) is 1. The minimum Gasteiger partial charge on any atom is -0.465 e. The first-order valence-electron chi connectivity index (χ1n) is 8.48. The molecule has 3 N–H and O–H groups in total. The number of ether oxygens (including phenoxy) is 1. The van der Waals surface area contributed by atoms with Crippen LogP contribution in [0.2, 0.25) is 0 Å². The summed E-state index contributed by atoms with van der Waals surface area (Å²) >= 11 is 0.